The predicted octanol–water partition coefficient (Wildman–Crippen LogP) is 2.91. The molecule has 2 fully saturated rings. The molecule has 2 aromatic carbocycles. The van der Waals surface area contributed by atoms with Crippen molar-refractivity contribution in [1.82, 2.24) is 20.3 Å². The lowest BCUT2D eigenvalue weighted by Crippen LogP contribution is -2.43. The van der Waals surface area contributed by atoms with E-state index in [4.69, 9.17) is 9.26 Å². The van der Waals surface area contributed by atoms with E-state index in [1.54, 1.807) is 0 Å². The monoisotopic (exact) mass is 450 g/mol. The van der Waals surface area contributed by atoms with Gasteiger partial charge in [-0.1, -0.05) is 11.2 Å². The van der Waals surface area contributed by atoms with E-state index in [1.807, 2.05) is 30.3 Å². The Bertz CT molecular complexity index is 1180. The average molecular weight is 451 g/mol. The molecule has 174 valence electrons. The largest absolute Gasteiger partial charge is 0.492 e. The van der Waals surface area contributed by atoms with Gasteiger partial charge in [-0.2, -0.15) is 0 Å². The molecule has 8 nitrogen and oxygen atoms in total. The van der Waals surface area contributed by atoms with Crippen LogP contribution in [0, 0.1) is 0 Å². The van der Waals surface area contributed by atoms with Crippen LogP contribution in [0.25, 0.3) is 21.7 Å². The van der Waals surface area contributed by atoms with Gasteiger partial charge in [-0.15, -0.1) is 0 Å². The lowest BCUT2D eigenvalue weighted by molar-refractivity contribution is -0.134. The highest BCUT2D eigenvalue weighted by Crippen LogP contribution is 2.36. The number of nitrogens with one attached hydrogen (secondary N) is 1. The van der Waals surface area contributed by atoms with E-state index in [-0.39, 0.29) is 11.8 Å². The number of imide groups is 1. The minimum atomic E-state index is -0.486. The van der Waals surface area contributed by atoms with Crippen LogP contribution in [0.1, 0.15) is 37.3 Å². The second kappa shape index (κ2) is 9.11. The van der Waals surface area contributed by atoms with Crippen LogP contribution in [0.15, 0.2) is 34.9 Å². The molecule has 33 heavy (non-hydrogen) atoms. The van der Waals surface area contributed by atoms with E-state index in [9.17, 15) is 9.59 Å². The molecular formula is C25H30N4O4. The van der Waals surface area contributed by atoms with Gasteiger partial charge < -0.3 is 14.2 Å². The average Bonchev–Trinajstić information content (AvgIpc) is 3.23. The van der Waals surface area contributed by atoms with E-state index in [0.29, 0.717) is 36.8 Å². The van der Waals surface area contributed by atoms with Gasteiger partial charge in [-0.25, -0.2) is 0 Å². The number of amides is 2. The Morgan fingerprint density at radius 3 is 2.79 bits per heavy atom. The Hall–Kier alpha value is -2.97. The zero-order chi connectivity index (χ0) is 22.9. The number of hydrogen-bond donors (Lipinski definition) is 1. The number of aromatic nitrogens is 1. The summed E-state index contributed by atoms with van der Waals surface area (Å²) in [4.78, 5) is 28.7. The summed E-state index contributed by atoms with van der Waals surface area (Å²) >= 11 is 0. The van der Waals surface area contributed by atoms with Crippen molar-refractivity contribution in [3.8, 4) is 5.75 Å². The van der Waals surface area contributed by atoms with Gasteiger partial charge in [0, 0.05) is 19.0 Å². The van der Waals surface area contributed by atoms with Gasteiger partial charge in [0.1, 0.15) is 18.1 Å². The second-order valence-corrected chi connectivity index (χ2v) is 9.26. The third kappa shape index (κ3) is 4.45. The Kier molecular flexibility index (Phi) is 6.03. The number of hydrogen-bond acceptors (Lipinski definition) is 7. The zero-order valence-electron chi connectivity index (χ0n) is 19.2. The molecule has 0 spiro atoms. The van der Waals surface area contributed by atoms with E-state index in [1.165, 1.54) is 12.8 Å². The molecule has 0 unspecified atom stereocenters. The Morgan fingerprint density at radius 1 is 1.18 bits per heavy atom. The summed E-state index contributed by atoms with van der Waals surface area (Å²) in [5.41, 5.74) is 1.23. The molecule has 1 aromatic heterocycles. The first kappa shape index (κ1) is 21.9. The highest BCUT2D eigenvalue weighted by atomic mass is 16.5. The Labute approximate surface area is 192 Å². The predicted molar refractivity (Wildman–Crippen MR) is 125 cm³/mol. The van der Waals surface area contributed by atoms with E-state index in [2.05, 4.69) is 34.4 Å². The number of carbonyl (C=O) groups is 2. The minimum Gasteiger partial charge on any atom is -0.492 e. The van der Waals surface area contributed by atoms with Crippen molar-refractivity contribution in [2.24, 2.45) is 0 Å². The fourth-order valence-electron chi connectivity index (χ4n) is 4.98. The molecular weight excluding hydrogens is 420 g/mol. The highest BCUT2D eigenvalue weighted by molar-refractivity contribution is 6.10. The molecule has 0 aliphatic carbocycles. The van der Waals surface area contributed by atoms with Crippen molar-refractivity contribution in [1.29, 1.82) is 0 Å². The third-order valence-electron chi connectivity index (χ3n) is 7.04. The molecule has 1 N–H and O–H groups in total. The van der Waals surface area contributed by atoms with E-state index in [0.717, 1.165) is 41.5 Å². The summed E-state index contributed by atoms with van der Waals surface area (Å²) in [6.45, 7) is 3.82. The summed E-state index contributed by atoms with van der Waals surface area (Å²) in [7, 11) is 4.36. The first-order valence-electron chi connectivity index (χ1n) is 11.7. The normalized spacial score (nSPS) is 20.6. The first-order chi connectivity index (χ1) is 16.0. The minimum absolute atomic E-state index is 0.239. The van der Waals surface area contributed by atoms with Crippen molar-refractivity contribution in [2.45, 2.75) is 37.6 Å². The molecule has 2 amide bonds. The summed E-state index contributed by atoms with van der Waals surface area (Å²) in [6.07, 6.45) is 3.15. The van der Waals surface area contributed by atoms with Crippen LogP contribution < -0.4 is 10.1 Å². The highest BCUT2D eigenvalue weighted by Gasteiger charge is 2.32. The van der Waals surface area contributed by atoms with Crippen LogP contribution in [0.3, 0.4) is 0 Å². The second-order valence-electron chi connectivity index (χ2n) is 9.26. The fraction of sp³-hybridized carbons (Fsp3) is 0.480. The van der Waals surface area contributed by atoms with Gasteiger partial charge in [0.05, 0.1) is 11.3 Å². The van der Waals surface area contributed by atoms with Crippen molar-refractivity contribution in [2.75, 3.05) is 40.3 Å². The quantitative estimate of drug-likeness (QED) is 0.578. The standard InChI is InChI=1S/C25H30N4O4/c1-28-11-9-17(10-12-28)29(2)13-14-32-18-4-5-19-16(15-18)3-7-21-23(19)24(27-33-21)20-6-8-22(30)26-25(20)31/h3-5,7,15,17,20H,6,8-14H2,1-2H3,(H,26,30,31)/t20-/m1/s1. The van der Waals surface area contributed by atoms with Crippen molar-refractivity contribution in [3.63, 3.8) is 0 Å². The van der Waals surface area contributed by atoms with Crippen LogP contribution in [0.5, 0.6) is 5.75 Å². The molecule has 2 saturated heterocycles. The third-order valence-corrected chi connectivity index (χ3v) is 7.04. The molecule has 0 saturated carbocycles. The number of nitrogens with zero attached hydrogens (tertiary/aromatic N) is 3. The summed E-state index contributed by atoms with van der Waals surface area (Å²) < 4.78 is 11.6. The molecule has 5 rings (SSSR count). The van der Waals surface area contributed by atoms with Crippen LogP contribution in [-0.4, -0.2) is 73.1 Å². The summed E-state index contributed by atoms with van der Waals surface area (Å²) in [6, 6.07) is 10.4. The fourth-order valence-corrected chi connectivity index (χ4v) is 4.98. The van der Waals surface area contributed by atoms with Crippen LogP contribution in [0.4, 0.5) is 0 Å². The Balaban J connectivity index is 1.31. The van der Waals surface area contributed by atoms with Gasteiger partial charge in [0.25, 0.3) is 0 Å². The molecule has 2 aliphatic rings. The van der Waals surface area contributed by atoms with Gasteiger partial charge in [-0.3, -0.25) is 19.8 Å². The van der Waals surface area contributed by atoms with E-state index < -0.39 is 5.92 Å². The van der Waals surface area contributed by atoms with Crippen LogP contribution >= 0.6 is 0 Å². The smallest absolute Gasteiger partial charge is 0.235 e. The molecule has 0 bridgehead atoms. The van der Waals surface area contributed by atoms with Crippen molar-refractivity contribution < 1.29 is 18.8 Å². The maximum atomic E-state index is 12.4. The Morgan fingerprint density at radius 2 is 2.00 bits per heavy atom. The molecule has 8 heteroatoms. The van der Waals surface area contributed by atoms with Gasteiger partial charge in [-0.05, 0) is 81.5 Å². The van der Waals surface area contributed by atoms with Crippen molar-refractivity contribution >= 4 is 33.6 Å². The molecule has 1 atom stereocenters. The maximum absolute atomic E-state index is 12.4. The van der Waals surface area contributed by atoms with Crippen LogP contribution in [0.2, 0.25) is 0 Å². The van der Waals surface area contributed by atoms with Crippen LogP contribution in [-0.2, 0) is 9.59 Å². The number of rotatable bonds is 6. The molecule has 2 aliphatic heterocycles. The van der Waals surface area contributed by atoms with Gasteiger partial charge in [0.2, 0.25) is 11.8 Å². The van der Waals surface area contributed by atoms with Gasteiger partial charge >= 0.3 is 0 Å². The number of fused-ring (bicyclic) bond motifs is 3. The number of likely N-dealkylation sites (tertiary alicyclic amines) is 1. The number of likely N-dealkylation sites (N-methyl/N-ethyl adjacent to an activating group) is 1. The number of piperidine rings is 2. The van der Waals surface area contributed by atoms with Crippen molar-refractivity contribution in [3.05, 3.63) is 36.0 Å². The number of ether oxygens (including phenoxy) is 1. The summed E-state index contributed by atoms with van der Waals surface area (Å²) in [5, 5.41) is 9.40. The molecule has 3 aromatic rings. The topological polar surface area (TPSA) is 87.9 Å². The SMILES string of the molecule is CN1CCC(N(C)CCOc2ccc3c(ccc4onc([C@H]5CCC(=O)NC5=O)c43)c2)CC1. The lowest BCUT2D eigenvalue weighted by Gasteiger charge is -2.35. The molecule has 0 radical (unpaired) electrons. The summed E-state index contributed by atoms with van der Waals surface area (Å²) in [5.74, 6) is -0.220. The maximum Gasteiger partial charge on any atom is 0.235 e. The zero-order valence-corrected chi connectivity index (χ0v) is 19.2. The first-order valence-corrected chi connectivity index (χ1v) is 11.7. The lowest BCUT2D eigenvalue weighted by atomic mass is 9.91. The van der Waals surface area contributed by atoms with E-state index >= 15 is 0 Å². The number of carbonyl (C=O) groups excluding carboxylic acids is 2. The molecule has 3 heterocycles. The number of benzene rings is 2. The van der Waals surface area contributed by atoms with Gasteiger partial charge in [0.15, 0.2) is 5.58 Å².